The smallest absolute Gasteiger partial charge is 0.260 e. The van der Waals surface area contributed by atoms with Crippen LogP contribution in [-0.2, 0) is 4.74 Å². The van der Waals surface area contributed by atoms with Gasteiger partial charge in [-0.1, -0.05) is 15.9 Å². The lowest BCUT2D eigenvalue weighted by Gasteiger charge is -2.25. The molecule has 21 heavy (non-hydrogen) atoms. The summed E-state index contributed by atoms with van der Waals surface area (Å²) < 4.78 is 33.6. The number of amides is 1. The van der Waals surface area contributed by atoms with Crippen LogP contribution in [0.3, 0.4) is 0 Å². The Morgan fingerprint density at radius 1 is 1.29 bits per heavy atom. The van der Waals surface area contributed by atoms with Gasteiger partial charge in [0.25, 0.3) is 5.91 Å². The third-order valence-corrected chi connectivity index (χ3v) is 4.41. The van der Waals surface area contributed by atoms with Crippen LogP contribution in [-0.4, -0.2) is 36.6 Å². The van der Waals surface area contributed by atoms with Crippen LogP contribution in [0, 0.1) is 17.6 Å². The van der Waals surface area contributed by atoms with Crippen molar-refractivity contribution in [3.63, 3.8) is 0 Å². The zero-order valence-corrected chi connectivity index (χ0v) is 13.0. The number of nitrogens with zero attached hydrogens (tertiary/aromatic N) is 1. The van der Waals surface area contributed by atoms with Gasteiger partial charge in [-0.3, -0.25) is 4.79 Å². The van der Waals surface area contributed by atoms with E-state index in [1.807, 2.05) is 0 Å². The van der Waals surface area contributed by atoms with Crippen LogP contribution in [0.4, 0.5) is 8.78 Å². The van der Waals surface area contributed by atoms with Crippen molar-refractivity contribution in [1.82, 2.24) is 4.90 Å². The molecule has 3 rings (SSSR count). The van der Waals surface area contributed by atoms with Gasteiger partial charge in [0.05, 0.1) is 6.61 Å². The monoisotopic (exact) mass is 359 g/mol. The summed E-state index contributed by atoms with van der Waals surface area (Å²) in [5, 5.41) is 0. The summed E-state index contributed by atoms with van der Waals surface area (Å²) in [5.74, 6) is -1.93. The summed E-state index contributed by atoms with van der Waals surface area (Å²) in [6, 6.07) is 2.36. The normalized spacial score (nSPS) is 21.6. The van der Waals surface area contributed by atoms with E-state index < -0.39 is 23.1 Å². The van der Waals surface area contributed by atoms with Crippen molar-refractivity contribution in [3.8, 4) is 0 Å². The first-order valence-corrected chi connectivity index (χ1v) is 7.89. The fourth-order valence-corrected chi connectivity index (χ4v) is 3.08. The van der Waals surface area contributed by atoms with Gasteiger partial charge in [-0.05, 0) is 31.4 Å². The molecular weight excluding hydrogens is 344 g/mol. The zero-order chi connectivity index (χ0) is 15.0. The molecule has 1 aliphatic heterocycles. The molecule has 3 nitrogen and oxygen atoms in total. The summed E-state index contributed by atoms with van der Waals surface area (Å²) in [6.07, 6.45) is 2.69. The van der Waals surface area contributed by atoms with Gasteiger partial charge in [0, 0.05) is 29.6 Å². The van der Waals surface area contributed by atoms with E-state index in [9.17, 15) is 13.6 Å². The van der Waals surface area contributed by atoms with Crippen LogP contribution >= 0.6 is 15.9 Å². The van der Waals surface area contributed by atoms with Gasteiger partial charge in [-0.15, -0.1) is 0 Å². The lowest BCUT2D eigenvalue weighted by atomic mass is 10.1. The number of halogens is 3. The molecule has 6 heteroatoms. The van der Waals surface area contributed by atoms with Gasteiger partial charge in [0.15, 0.2) is 0 Å². The predicted molar refractivity (Wildman–Crippen MR) is 77.0 cm³/mol. The van der Waals surface area contributed by atoms with Crippen molar-refractivity contribution in [2.75, 3.05) is 19.8 Å². The first kappa shape index (κ1) is 14.9. The Morgan fingerprint density at radius 3 is 2.48 bits per heavy atom. The molecule has 1 saturated carbocycles. The van der Waals surface area contributed by atoms with Crippen LogP contribution in [0.25, 0.3) is 0 Å². The highest BCUT2D eigenvalue weighted by molar-refractivity contribution is 9.10. The van der Waals surface area contributed by atoms with Gasteiger partial charge < -0.3 is 9.64 Å². The molecule has 1 amide bonds. The van der Waals surface area contributed by atoms with Gasteiger partial charge in [0.2, 0.25) is 0 Å². The lowest BCUT2D eigenvalue weighted by Crippen LogP contribution is -2.38. The molecule has 114 valence electrons. The van der Waals surface area contributed by atoms with Crippen molar-refractivity contribution < 1.29 is 18.3 Å². The summed E-state index contributed by atoms with van der Waals surface area (Å²) in [5.41, 5.74) is -0.455. The summed E-state index contributed by atoms with van der Waals surface area (Å²) in [4.78, 5) is 14.2. The van der Waals surface area contributed by atoms with E-state index in [-0.39, 0.29) is 16.4 Å². The van der Waals surface area contributed by atoms with Crippen molar-refractivity contribution in [3.05, 3.63) is 33.8 Å². The minimum atomic E-state index is -0.819. The maximum atomic E-state index is 14.0. The fourth-order valence-electron chi connectivity index (χ4n) is 2.68. The molecule has 1 heterocycles. The Balaban J connectivity index is 1.83. The van der Waals surface area contributed by atoms with E-state index in [0.717, 1.165) is 31.4 Å². The van der Waals surface area contributed by atoms with Crippen molar-refractivity contribution in [2.45, 2.75) is 25.3 Å². The standard InChI is InChI=1S/C15H16BrF2NO2/c16-10-5-12(17)14(13(18)6-10)15(20)19(11-1-2-11)7-9-3-4-21-8-9/h5-6,9,11H,1-4,7-8H2. The van der Waals surface area contributed by atoms with Gasteiger partial charge in [-0.2, -0.15) is 0 Å². The van der Waals surface area contributed by atoms with Crippen molar-refractivity contribution in [1.29, 1.82) is 0 Å². The average molecular weight is 360 g/mol. The quantitative estimate of drug-likeness (QED) is 0.824. The second kappa shape index (κ2) is 6.01. The van der Waals surface area contributed by atoms with Crippen molar-refractivity contribution in [2.24, 2.45) is 5.92 Å². The minimum absolute atomic E-state index is 0.112. The van der Waals surface area contributed by atoms with Gasteiger partial charge in [-0.25, -0.2) is 8.78 Å². The second-order valence-electron chi connectivity index (χ2n) is 5.66. The van der Waals surface area contributed by atoms with Crippen LogP contribution < -0.4 is 0 Å². The molecule has 1 aromatic carbocycles. The van der Waals surface area contributed by atoms with Crippen LogP contribution in [0.5, 0.6) is 0 Å². The maximum absolute atomic E-state index is 14.0. The number of rotatable bonds is 4. The number of carbonyl (C=O) groups excluding carboxylic acids is 1. The number of benzene rings is 1. The fraction of sp³-hybridized carbons (Fsp3) is 0.533. The van der Waals surface area contributed by atoms with E-state index in [1.165, 1.54) is 0 Å². The third kappa shape index (κ3) is 3.26. The van der Waals surface area contributed by atoms with E-state index in [1.54, 1.807) is 4.90 Å². The highest BCUT2D eigenvalue weighted by Gasteiger charge is 2.37. The summed E-state index contributed by atoms with van der Waals surface area (Å²) in [7, 11) is 0. The number of carbonyl (C=O) groups is 1. The predicted octanol–water partition coefficient (Wildman–Crippen LogP) is 3.37. The Hall–Kier alpha value is -1.01. The summed E-state index contributed by atoms with van der Waals surface area (Å²) in [6.45, 7) is 1.82. The molecule has 0 spiro atoms. The Morgan fingerprint density at radius 2 is 1.95 bits per heavy atom. The lowest BCUT2D eigenvalue weighted by molar-refractivity contribution is 0.0696. The Kier molecular flexibility index (Phi) is 4.26. The minimum Gasteiger partial charge on any atom is -0.381 e. The Bertz CT molecular complexity index is 534. The second-order valence-corrected chi connectivity index (χ2v) is 6.58. The molecule has 1 saturated heterocycles. The van der Waals surface area contributed by atoms with E-state index in [2.05, 4.69) is 15.9 Å². The van der Waals surface area contributed by atoms with Crippen LogP contribution in [0.15, 0.2) is 16.6 Å². The van der Waals surface area contributed by atoms with Crippen molar-refractivity contribution >= 4 is 21.8 Å². The molecule has 1 atom stereocenters. The number of hydrogen-bond acceptors (Lipinski definition) is 2. The molecule has 1 aliphatic carbocycles. The molecule has 0 aromatic heterocycles. The molecule has 1 aromatic rings. The van der Waals surface area contributed by atoms with E-state index in [0.29, 0.717) is 19.8 Å². The Labute approximate surface area is 130 Å². The molecule has 0 N–H and O–H groups in total. The van der Waals surface area contributed by atoms with E-state index >= 15 is 0 Å². The first-order valence-electron chi connectivity index (χ1n) is 7.09. The topological polar surface area (TPSA) is 29.5 Å². The molecular formula is C15H16BrF2NO2. The van der Waals surface area contributed by atoms with Crippen LogP contribution in [0.2, 0.25) is 0 Å². The zero-order valence-electron chi connectivity index (χ0n) is 11.4. The molecule has 2 fully saturated rings. The first-order chi connectivity index (χ1) is 10.1. The van der Waals surface area contributed by atoms with Crippen LogP contribution in [0.1, 0.15) is 29.6 Å². The average Bonchev–Trinajstić information content (AvgIpc) is 3.11. The molecule has 1 unspecified atom stereocenters. The number of hydrogen-bond donors (Lipinski definition) is 0. The molecule has 2 aliphatic rings. The van der Waals surface area contributed by atoms with Gasteiger partial charge >= 0.3 is 0 Å². The SMILES string of the molecule is O=C(c1c(F)cc(Br)cc1F)N(CC1CCOC1)C1CC1. The highest BCUT2D eigenvalue weighted by Crippen LogP contribution is 2.31. The highest BCUT2D eigenvalue weighted by atomic mass is 79.9. The largest absolute Gasteiger partial charge is 0.381 e. The molecule has 0 radical (unpaired) electrons. The third-order valence-electron chi connectivity index (χ3n) is 3.95. The van der Waals surface area contributed by atoms with E-state index in [4.69, 9.17) is 4.74 Å². The summed E-state index contributed by atoms with van der Waals surface area (Å²) >= 11 is 3.02. The molecule has 0 bridgehead atoms. The number of ether oxygens (including phenoxy) is 1. The van der Waals surface area contributed by atoms with Gasteiger partial charge in [0.1, 0.15) is 17.2 Å². The maximum Gasteiger partial charge on any atom is 0.260 e.